The zero-order chi connectivity index (χ0) is 18.5. The van der Waals surface area contributed by atoms with E-state index in [4.69, 9.17) is 21.1 Å². The molecule has 26 heavy (non-hydrogen) atoms. The van der Waals surface area contributed by atoms with Gasteiger partial charge in [-0.05, 0) is 42.2 Å². The molecular formula is C21H22ClNO3. The number of halogens is 1. The summed E-state index contributed by atoms with van der Waals surface area (Å²) < 4.78 is 10.5. The third-order valence-corrected chi connectivity index (χ3v) is 4.88. The van der Waals surface area contributed by atoms with Gasteiger partial charge in [0.15, 0.2) is 11.5 Å². The molecule has 1 fully saturated rings. The van der Waals surface area contributed by atoms with Crippen molar-refractivity contribution in [2.24, 2.45) is 0 Å². The zero-order valence-electron chi connectivity index (χ0n) is 14.9. The Balaban J connectivity index is 1.78. The van der Waals surface area contributed by atoms with E-state index in [1.165, 1.54) is 5.56 Å². The first kappa shape index (κ1) is 18.3. The Morgan fingerprint density at radius 2 is 1.96 bits per heavy atom. The maximum atomic E-state index is 12.7. The molecule has 5 heteroatoms. The Kier molecular flexibility index (Phi) is 5.84. The summed E-state index contributed by atoms with van der Waals surface area (Å²) in [4.78, 5) is 14.6. The van der Waals surface area contributed by atoms with Crippen molar-refractivity contribution in [3.05, 3.63) is 64.7 Å². The van der Waals surface area contributed by atoms with Crippen molar-refractivity contribution < 1.29 is 14.3 Å². The van der Waals surface area contributed by atoms with E-state index in [9.17, 15) is 4.79 Å². The van der Waals surface area contributed by atoms with Gasteiger partial charge in [0, 0.05) is 12.6 Å². The van der Waals surface area contributed by atoms with Crippen LogP contribution in [0.3, 0.4) is 0 Å². The molecule has 1 aliphatic heterocycles. The summed E-state index contributed by atoms with van der Waals surface area (Å²) in [5, 5.41) is 0.447. The number of likely N-dealkylation sites (tertiary alicyclic amines) is 1. The number of hydrogen-bond donors (Lipinski definition) is 0. The molecule has 136 valence electrons. The lowest BCUT2D eigenvalue weighted by Gasteiger charge is -2.23. The molecule has 0 saturated carbocycles. The highest BCUT2D eigenvalue weighted by Crippen LogP contribution is 2.36. The second-order valence-electron chi connectivity index (χ2n) is 6.17. The number of rotatable bonds is 5. The van der Waals surface area contributed by atoms with Crippen LogP contribution in [0.15, 0.2) is 48.5 Å². The highest BCUT2D eigenvalue weighted by Gasteiger charge is 2.28. The minimum absolute atomic E-state index is 0.00209. The molecule has 2 aromatic carbocycles. The quantitative estimate of drug-likeness (QED) is 0.713. The lowest BCUT2D eigenvalue weighted by Crippen LogP contribution is -2.28. The predicted octanol–water partition coefficient (Wildman–Crippen LogP) is 4.73. The van der Waals surface area contributed by atoms with Gasteiger partial charge in [-0.25, -0.2) is 0 Å². The topological polar surface area (TPSA) is 38.8 Å². The van der Waals surface area contributed by atoms with Crippen LogP contribution in [0.1, 0.15) is 30.0 Å². The molecule has 1 aliphatic rings. The maximum Gasteiger partial charge on any atom is 0.247 e. The van der Waals surface area contributed by atoms with Crippen LogP contribution in [-0.4, -0.2) is 31.6 Å². The average molecular weight is 372 g/mol. The van der Waals surface area contributed by atoms with Gasteiger partial charge in [-0.3, -0.25) is 4.79 Å². The molecular weight excluding hydrogens is 350 g/mol. The number of hydrogen-bond acceptors (Lipinski definition) is 3. The van der Waals surface area contributed by atoms with E-state index >= 15 is 0 Å². The molecule has 1 saturated heterocycles. The maximum absolute atomic E-state index is 12.7. The summed E-state index contributed by atoms with van der Waals surface area (Å²) in [6.45, 7) is 0.773. The predicted molar refractivity (Wildman–Crippen MR) is 104 cm³/mol. The summed E-state index contributed by atoms with van der Waals surface area (Å²) >= 11 is 6.22. The molecule has 0 aromatic heterocycles. The van der Waals surface area contributed by atoms with Crippen molar-refractivity contribution in [2.75, 3.05) is 20.8 Å². The highest BCUT2D eigenvalue weighted by atomic mass is 35.5. The van der Waals surface area contributed by atoms with Crippen molar-refractivity contribution in [2.45, 2.75) is 18.9 Å². The van der Waals surface area contributed by atoms with Gasteiger partial charge < -0.3 is 14.4 Å². The van der Waals surface area contributed by atoms with E-state index in [2.05, 4.69) is 12.1 Å². The summed E-state index contributed by atoms with van der Waals surface area (Å²) in [6, 6.07) is 13.9. The Bertz CT molecular complexity index is 804. The van der Waals surface area contributed by atoms with Crippen LogP contribution >= 0.6 is 11.6 Å². The van der Waals surface area contributed by atoms with Crippen LogP contribution in [0.4, 0.5) is 0 Å². The van der Waals surface area contributed by atoms with E-state index in [1.807, 2.05) is 23.1 Å². The first-order chi connectivity index (χ1) is 12.6. The summed E-state index contributed by atoms with van der Waals surface area (Å²) in [5.74, 6) is 1.03. The van der Waals surface area contributed by atoms with Crippen LogP contribution in [-0.2, 0) is 4.79 Å². The number of nitrogens with zero attached hydrogens (tertiary/aromatic N) is 1. The van der Waals surface area contributed by atoms with Crippen LogP contribution in [0.25, 0.3) is 6.08 Å². The van der Waals surface area contributed by atoms with E-state index in [0.29, 0.717) is 16.5 Å². The molecule has 1 heterocycles. The van der Waals surface area contributed by atoms with Gasteiger partial charge in [0.05, 0.1) is 25.3 Å². The van der Waals surface area contributed by atoms with Gasteiger partial charge in [-0.2, -0.15) is 0 Å². The van der Waals surface area contributed by atoms with Crippen molar-refractivity contribution in [3.8, 4) is 11.5 Å². The molecule has 2 aromatic rings. The fourth-order valence-electron chi connectivity index (χ4n) is 3.35. The molecule has 3 rings (SSSR count). The Morgan fingerprint density at radius 3 is 2.65 bits per heavy atom. The molecule has 4 nitrogen and oxygen atoms in total. The molecule has 0 aliphatic carbocycles. The fraction of sp³-hybridized carbons (Fsp3) is 0.286. The standard InChI is InChI=1S/C21H22ClNO3/c1-25-19-14-15(13-17(22)21(19)26-2)10-11-20(24)23-12-6-9-18(23)16-7-4-3-5-8-16/h3-5,7-8,10-11,13-14,18H,6,9,12H2,1-2H3/b11-10+. The Labute approximate surface area is 159 Å². The second kappa shape index (κ2) is 8.28. The van der Waals surface area contributed by atoms with Crippen molar-refractivity contribution in [1.82, 2.24) is 4.90 Å². The van der Waals surface area contributed by atoms with Gasteiger partial charge in [0.1, 0.15) is 0 Å². The highest BCUT2D eigenvalue weighted by molar-refractivity contribution is 6.32. The molecule has 1 unspecified atom stereocenters. The van der Waals surface area contributed by atoms with Crippen molar-refractivity contribution in [3.63, 3.8) is 0 Å². The minimum atomic E-state index is 0.00209. The lowest BCUT2D eigenvalue weighted by atomic mass is 10.0. The largest absolute Gasteiger partial charge is 0.493 e. The summed E-state index contributed by atoms with van der Waals surface area (Å²) in [5.41, 5.74) is 1.97. The second-order valence-corrected chi connectivity index (χ2v) is 6.58. The smallest absolute Gasteiger partial charge is 0.247 e. The number of methoxy groups -OCH3 is 2. The lowest BCUT2D eigenvalue weighted by molar-refractivity contribution is -0.126. The molecule has 1 amide bonds. The van der Waals surface area contributed by atoms with Gasteiger partial charge in [-0.1, -0.05) is 41.9 Å². The third-order valence-electron chi connectivity index (χ3n) is 4.59. The summed E-state index contributed by atoms with van der Waals surface area (Å²) in [7, 11) is 3.10. The van der Waals surface area contributed by atoms with Crippen LogP contribution < -0.4 is 9.47 Å². The SMILES string of the molecule is COc1cc(/C=C/C(=O)N2CCCC2c2ccccc2)cc(Cl)c1OC. The van der Waals surface area contributed by atoms with E-state index < -0.39 is 0 Å². The summed E-state index contributed by atoms with van der Waals surface area (Å²) in [6.07, 6.45) is 5.36. The van der Waals surface area contributed by atoms with Gasteiger partial charge in [0.2, 0.25) is 5.91 Å². The zero-order valence-corrected chi connectivity index (χ0v) is 15.7. The van der Waals surface area contributed by atoms with Gasteiger partial charge in [-0.15, -0.1) is 0 Å². The van der Waals surface area contributed by atoms with Crippen LogP contribution in [0, 0.1) is 0 Å². The van der Waals surface area contributed by atoms with Crippen molar-refractivity contribution in [1.29, 1.82) is 0 Å². The van der Waals surface area contributed by atoms with Crippen LogP contribution in [0.2, 0.25) is 5.02 Å². The first-order valence-electron chi connectivity index (χ1n) is 8.59. The average Bonchev–Trinajstić information content (AvgIpc) is 3.16. The van der Waals surface area contributed by atoms with Gasteiger partial charge >= 0.3 is 0 Å². The number of ether oxygens (including phenoxy) is 2. The first-order valence-corrected chi connectivity index (χ1v) is 8.97. The Morgan fingerprint density at radius 1 is 1.19 bits per heavy atom. The van der Waals surface area contributed by atoms with E-state index in [0.717, 1.165) is 24.9 Å². The molecule has 1 atom stereocenters. The molecule has 0 spiro atoms. The van der Waals surface area contributed by atoms with Crippen LogP contribution in [0.5, 0.6) is 11.5 Å². The molecule has 0 radical (unpaired) electrons. The van der Waals surface area contributed by atoms with Gasteiger partial charge in [0.25, 0.3) is 0 Å². The fourth-order valence-corrected chi connectivity index (χ4v) is 3.65. The molecule has 0 bridgehead atoms. The van der Waals surface area contributed by atoms with E-state index in [-0.39, 0.29) is 11.9 Å². The molecule has 0 N–H and O–H groups in total. The monoisotopic (exact) mass is 371 g/mol. The van der Waals surface area contributed by atoms with E-state index in [1.54, 1.807) is 38.5 Å². The number of carbonyl (C=O) groups is 1. The normalized spacial score (nSPS) is 16.9. The number of carbonyl (C=O) groups excluding carboxylic acids is 1. The minimum Gasteiger partial charge on any atom is -0.493 e. The number of amides is 1. The third kappa shape index (κ3) is 3.86. The Hall–Kier alpha value is -2.46. The van der Waals surface area contributed by atoms with Crippen molar-refractivity contribution >= 4 is 23.6 Å². The number of benzene rings is 2.